The molecule has 0 spiro atoms. The number of hydrogen-bond donors (Lipinski definition) is 2. The molecule has 4 N–H and O–H groups in total. The average molecular weight is 214 g/mol. The predicted octanol–water partition coefficient (Wildman–Crippen LogP) is 1.64. The third kappa shape index (κ3) is 2.04. The molecular weight excluding hydrogens is 196 g/mol. The Bertz CT molecular complexity index is 324. The molecule has 0 atom stereocenters. The van der Waals surface area contributed by atoms with E-state index in [1.165, 1.54) is 11.9 Å². The maximum absolute atomic E-state index is 6.01. The van der Waals surface area contributed by atoms with Crippen LogP contribution < -0.4 is 10.9 Å². The minimum atomic E-state index is -0.0770. The molecule has 0 aromatic carbocycles. The number of anilines is 1. The van der Waals surface area contributed by atoms with Crippen LogP contribution in [0.4, 0.5) is 5.82 Å². The quantitative estimate of drug-likeness (QED) is 0.734. The fourth-order valence-electron chi connectivity index (χ4n) is 1.35. The Hall–Kier alpha value is -0.680. The number of aryl methyl sites for hydroxylation is 1. The minimum Gasteiger partial charge on any atom is -0.384 e. The molecule has 4 nitrogen and oxygen atoms in total. The van der Waals surface area contributed by atoms with Gasteiger partial charge >= 0.3 is 0 Å². The van der Waals surface area contributed by atoms with Gasteiger partial charge in [-0.05, 0) is 27.7 Å². The van der Waals surface area contributed by atoms with E-state index >= 15 is 0 Å². The van der Waals surface area contributed by atoms with Gasteiger partial charge in [0.25, 0.3) is 0 Å². The number of nitrogens with zero attached hydrogens (tertiary/aromatic N) is 2. The maximum Gasteiger partial charge on any atom is 0.126 e. The fourth-order valence-corrected chi connectivity index (χ4v) is 1.87. The van der Waals surface area contributed by atoms with Gasteiger partial charge in [0.15, 0.2) is 0 Å². The number of nitrogen functional groups attached to an aromatic ring is 1. The van der Waals surface area contributed by atoms with Crippen LogP contribution in [0, 0.1) is 6.92 Å². The molecule has 80 valence electrons. The summed E-state index contributed by atoms with van der Waals surface area (Å²) >= 11 is 1.27. The first-order chi connectivity index (χ1) is 6.38. The number of nitrogens with two attached hydrogens (primary N) is 2. The topological polar surface area (TPSA) is 69.9 Å². The lowest BCUT2D eigenvalue weighted by atomic mass is 10.1. The molecule has 0 aliphatic carbocycles. The monoisotopic (exact) mass is 214 g/mol. The third-order valence-electron chi connectivity index (χ3n) is 2.09. The van der Waals surface area contributed by atoms with Crippen LogP contribution in [0.15, 0.2) is 0 Å². The summed E-state index contributed by atoms with van der Waals surface area (Å²) in [7, 11) is 0. The zero-order valence-electron chi connectivity index (χ0n) is 9.16. The van der Waals surface area contributed by atoms with Gasteiger partial charge < -0.3 is 5.73 Å². The minimum absolute atomic E-state index is 0.0770. The van der Waals surface area contributed by atoms with Gasteiger partial charge in [-0.25, -0.2) is 4.68 Å². The third-order valence-corrected chi connectivity index (χ3v) is 2.54. The summed E-state index contributed by atoms with van der Waals surface area (Å²) in [5, 5.41) is 9.86. The highest BCUT2D eigenvalue weighted by Gasteiger charge is 2.21. The highest BCUT2D eigenvalue weighted by Crippen LogP contribution is 2.25. The standard InChI is InChI=1S/C9H18N4S/c1-6-7(5-14-11)8(10)13(12-6)9(2,3)4/h5,10-11H2,1-4H3. The van der Waals surface area contributed by atoms with E-state index < -0.39 is 0 Å². The van der Waals surface area contributed by atoms with Crippen LogP contribution in [0.3, 0.4) is 0 Å². The largest absolute Gasteiger partial charge is 0.384 e. The molecule has 5 heteroatoms. The Morgan fingerprint density at radius 3 is 2.36 bits per heavy atom. The molecule has 0 amide bonds. The van der Waals surface area contributed by atoms with Crippen LogP contribution in [0.1, 0.15) is 32.0 Å². The van der Waals surface area contributed by atoms with Gasteiger partial charge in [-0.3, -0.25) is 5.14 Å². The van der Waals surface area contributed by atoms with E-state index in [1.54, 1.807) is 0 Å². The summed E-state index contributed by atoms with van der Waals surface area (Å²) in [6.07, 6.45) is 0. The second-order valence-electron chi connectivity index (χ2n) is 4.34. The van der Waals surface area contributed by atoms with Gasteiger partial charge in [0.05, 0.1) is 11.2 Å². The molecule has 1 heterocycles. The first kappa shape index (κ1) is 11.4. The van der Waals surface area contributed by atoms with Crippen molar-refractivity contribution in [2.45, 2.75) is 39.0 Å². The average Bonchev–Trinajstić information content (AvgIpc) is 2.31. The van der Waals surface area contributed by atoms with Gasteiger partial charge in [-0.1, -0.05) is 11.9 Å². The van der Waals surface area contributed by atoms with Gasteiger partial charge in [-0.15, -0.1) is 0 Å². The lowest BCUT2D eigenvalue weighted by molar-refractivity contribution is 0.360. The van der Waals surface area contributed by atoms with E-state index in [0.717, 1.165) is 17.1 Å². The van der Waals surface area contributed by atoms with Gasteiger partial charge in [0.2, 0.25) is 0 Å². The zero-order chi connectivity index (χ0) is 10.9. The normalized spacial score (nSPS) is 12.1. The molecule has 0 radical (unpaired) electrons. The van der Waals surface area contributed by atoms with E-state index in [0.29, 0.717) is 5.75 Å². The van der Waals surface area contributed by atoms with E-state index in [9.17, 15) is 0 Å². The summed E-state index contributed by atoms with van der Waals surface area (Å²) in [6, 6.07) is 0. The summed E-state index contributed by atoms with van der Waals surface area (Å²) < 4.78 is 1.86. The molecule has 0 saturated heterocycles. The lowest BCUT2D eigenvalue weighted by Crippen LogP contribution is -2.25. The van der Waals surface area contributed by atoms with Crippen molar-refractivity contribution in [3.8, 4) is 0 Å². The molecule has 0 saturated carbocycles. The first-order valence-corrected chi connectivity index (χ1v) is 5.59. The molecule has 0 bridgehead atoms. The Labute approximate surface area is 89.2 Å². The highest BCUT2D eigenvalue weighted by atomic mass is 32.2. The van der Waals surface area contributed by atoms with Crippen LogP contribution in [0.25, 0.3) is 0 Å². The molecule has 0 aliphatic rings. The maximum atomic E-state index is 6.01. The summed E-state index contributed by atoms with van der Waals surface area (Å²) in [5.74, 6) is 1.45. The van der Waals surface area contributed by atoms with Crippen LogP contribution in [0.2, 0.25) is 0 Å². The second kappa shape index (κ2) is 3.82. The lowest BCUT2D eigenvalue weighted by Gasteiger charge is -2.20. The summed E-state index contributed by atoms with van der Waals surface area (Å²) in [5.41, 5.74) is 7.95. The van der Waals surface area contributed by atoms with Crippen molar-refractivity contribution in [2.24, 2.45) is 5.14 Å². The van der Waals surface area contributed by atoms with E-state index in [4.69, 9.17) is 10.9 Å². The molecule has 14 heavy (non-hydrogen) atoms. The van der Waals surface area contributed by atoms with Crippen molar-refractivity contribution in [2.75, 3.05) is 5.73 Å². The van der Waals surface area contributed by atoms with Gasteiger partial charge in [0.1, 0.15) is 5.82 Å². The van der Waals surface area contributed by atoms with E-state index in [2.05, 4.69) is 25.9 Å². The Kier molecular flexibility index (Phi) is 3.11. The van der Waals surface area contributed by atoms with Gasteiger partial charge in [0, 0.05) is 11.3 Å². The number of aromatic nitrogens is 2. The highest BCUT2D eigenvalue weighted by molar-refractivity contribution is 7.96. The first-order valence-electron chi connectivity index (χ1n) is 4.54. The molecule has 0 fully saturated rings. The Morgan fingerprint density at radius 1 is 1.43 bits per heavy atom. The van der Waals surface area contributed by atoms with Crippen molar-refractivity contribution in [1.82, 2.24) is 9.78 Å². The van der Waals surface area contributed by atoms with Crippen molar-refractivity contribution in [1.29, 1.82) is 0 Å². The summed E-state index contributed by atoms with van der Waals surface area (Å²) in [6.45, 7) is 8.20. The SMILES string of the molecule is Cc1nn(C(C)(C)C)c(N)c1CSN. The zero-order valence-corrected chi connectivity index (χ0v) is 9.98. The molecule has 0 unspecified atom stereocenters. The van der Waals surface area contributed by atoms with Crippen molar-refractivity contribution in [3.63, 3.8) is 0 Å². The number of hydrogen-bond acceptors (Lipinski definition) is 4. The van der Waals surface area contributed by atoms with Crippen molar-refractivity contribution >= 4 is 17.8 Å². The predicted molar refractivity (Wildman–Crippen MR) is 61.9 cm³/mol. The smallest absolute Gasteiger partial charge is 0.126 e. The molecular formula is C9H18N4S. The second-order valence-corrected chi connectivity index (χ2v) is 4.96. The van der Waals surface area contributed by atoms with E-state index in [-0.39, 0.29) is 5.54 Å². The van der Waals surface area contributed by atoms with Crippen molar-refractivity contribution < 1.29 is 0 Å². The van der Waals surface area contributed by atoms with Crippen LogP contribution in [-0.2, 0) is 11.3 Å². The van der Waals surface area contributed by atoms with Gasteiger partial charge in [-0.2, -0.15) is 5.10 Å². The van der Waals surface area contributed by atoms with Crippen LogP contribution >= 0.6 is 11.9 Å². The van der Waals surface area contributed by atoms with Crippen molar-refractivity contribution in [3.05, 3.63) is 11.3 Å². The van der Waals surface area contributed by atoms with E-state index in [1.807, 2.05) is 11.6 Å². The Balaban J connectivity index is 3.17. The molecule has 1 rings (SSSR count). The molecule has 1 aromatic heterocycles. The molecule has 1 aromatic rings. The van der Waals surface area contributed by atoms with Crippen LogP contribution in [-0.4, -0.2) is 9.78 Å². The number of rotatable bonds is 2. The fraction of sp³-hybridized carbons (Fsp3) is 0.667. The van der Waals surface area contributed by atoms with Crippen LogP contribution in [0.5, 0.6) is 0 Å². The molecule has 0 aliphatic heterocycles. The Morgan fingerprint density at radius 2 is 2.00 bits per heavy atom. The summed E-state index contributed by atoms with van der Waals surface area (Å²) in [4.78, 5) is 0.